The summed E-state index contributed by atoms with van der Waals surface area (Å²) in [5.74, 6) is 0.823. The quantitative estimate of drug-likeness (QED) is 0.754. The average molecular weight is 280 g/mol. The maximum Gasteiger partial charge on any atom is 0.120 e. The molecule has 106 valence electrons. The van der Waals surface area contributed by atoms with Crippen molar-refractivity contribution < 1.29 is 4.74 Å². The van der Waals surface area contributed by atoms with Gasteiger partial charge in [0, 0.05) is 17.3 Å². The maximum absolute atomic E-state index is 5.21. The lowest BCUT2D eigenvalue weighted by Crippen LogP contribution is -2.01. The Balaban J connectivity index is 1.76. The minimum absolute atomic E-state index is 0.591. The van der Waals surface area contributed by atoms with Crippen molar-refractivity contribution in [1.29, 1.82) is 0 Å². The Morgan fingerprint density at radius 3 is 2.71 bits per heavy atom. The van der Waals surface area contributed by atoms with Crippen LogP contribution in [0.3, 0.4) is 0 Å². The summed E-state index contributed by atoms with van der Waals surface area (Å²) in [6.07, 6.45) is 0. The fraction of sp³-hybridized carbons (Fsp3) is 0.125. The SMILES string of the molecule is COc1cccc(NCc2n[nH]nc2-c2ccccc2)c1. The van der Waals surface area contributed by atoms with Crippen molar-refractivity contribution in [2.24, 2.45) is 0 Å². The summed E-state index contributed by atoms with van der Waals surface area (Å²) >= 11 is 0. The van der Waals surface area contributed by atoms with Crippen LogP contribution >= 0.6 is 0 Å². The largest absolute Gasteiger partial charge is 0.497 e. The first-order valence-electron chi connectivity index (χ1n) is 6.70. The third-order valence-electron chi connectivity index (χ3n) is 3.20. The second-order valence-corrected chi connectivity index (χ2v) is 4.57. The third kappa shape index (κ3) is 3.02. The van der Waals surface area contributed by atoms with E-state index in [-0.39, 0.29) is 0 Å². The van der Waals surface area contributed by atoms with Gasteiger partial charge in [-0.15, -0.1) is 0 Å². The molecule has 2 N–H and O–H groups in total. The predicted molar refractivity (Wildman–Crippen MR) is 82.1 cm³/mol. The topological polar surface area (TPSA) is 62.8 Å². The summed E-state index contributed by atoms with van der Waals surface area (Å²) in [7, 11) is 1.66. The maximum atomic E-state index is 5.21. The number of benzene rings is 2. The molecule has 0 atom stereocenters. The third-order valence-corrected chi connectivity index (χ3v) is 3.20. The van der Waals surface area contributed by atoms with Crippen molar-refractivity contribution in [2.45, 2.75) is 6.54 Å². The van der Waals surface area contributed by atoms with Gasteiger partial charge < -0.3 is 10.1 Å². The number of hydrogen-bond donors (Lipinski definition) is 2. The normalized spacial score (nSPS) is 10.3. The Morgan fingerprint density at radius 2 is 1.90 bits per heavy atom. The smallest absolute Gasteiger partial charge is 0.120 e. The summed E-state index contributed by atoms with van der Waals surface area (Å²) in [6, 6.07) is 17.8. The molecule has 3 aromatic rings. The number of hydrogen-bond acceptors (Lipinski definition) is 4. The highest BCUT2D eigenvalue weighted by Crippen LogP contribution is 2.21. The minimum atomic E-state index is 0.591. The number of aromatic amines is 1. The van der Waals surface area contributed by atoms with E-state index in [1.54, 1.807) is 7.11 Å². The molecule has 0 spiro atoms. The molecule has 0 saturated carbocycles. The summed E-state index contributed by atoms with van der Waals surface area (Å²) in [6.45, 7) is 0.591. The molecule has 5 nitrogen and oxygen atoms in total. The standard InChI is InChI=1S/C16H16N4O/c1-21-14-9-5-8-13(10-14)17-11-15-16(19-20-18-15)12-6-3-2-4-7-12/h2-10,17H,11H2,1H3,(H,18,19,20). The number of aromatic nitrogens is 3. The first kappa shape index (κ1) is 13.2. The molecule has 0 radical (unpaired) electrons. The number of nitrogens with zero attached hydrogens (tertiary/aromatic N) is 2. The Kier molecular flexibility index (Phi) is 3.82. The lowest BCUT2D eigenvalue weighted by atomic mass is 10.1. The summed E-state index contributed by atoms with van der Waals surface area (Å²) in [5, 5.41) is 14.5. The second kappa shape index (κ2) is 6.09. The lowest BCUT2D eigenvalue weighted by Gasteiger charge is -2.07. The van der Waals surface area contributed by atoms with Crippen molar-refractivity contribution in [3.63, 3.8) is 0 Å². The molecule has 0 aliphatic carbocycles. The Labute approximate surface area is 123 Å². The number of nitrogens with one attached hydrogen (secondary N) is 2. The van der Waals surface area contributed by atoms with E-state index in [4.69, 9.17) is 4.74 Å². The van der Waals surface area contributed by atoms with Crippen molar-refractivity contribution in [3.05, 3.63) is 60.3 Å². The monoisotopic (exact) mass is 280 g/mol. The summed E-state index contributed by atoms with van der Waals surface area (Å²) in [5.41, 5.74) is 3.78. The molecule has 1 heterocycles. The predicted octanol–water partition coefficient (Wildman–Crippen LogP) is 3.09. The first-order chi connectivity index (χ1) is 10.4. The molecule has 0 aliphatic rings. The molecule has 0 bridgehead atoms. The lowest BCUT2D eigenvalue weighted by molar-refractivity contribution is 0.415. The van der Waals surface area contributed by atoms with Crippen molar-refractivity contribution >= 4 is 5.69 Å². The van der Waals surface area contributed by atoms with Crippen LogP contribution < -0.4 is 10.1 Å². The molecule has 1 aromatic heterocycles. The highest BCUT2D eigenvalue weighted by Gasteiger charge is 2.09. The Morgan fingerprint density at radius 1 is 1.05 bits per heavy atom. The molecule has 0 saturated heterocycles. The zero-order chi connectivity index (χ0) is 14.5. The molecule has 3 rings (SSSR count). The molecule has 0 amide bonds. The van der Waals surface area contributed by atoms with E-state index in [1.807, 2.05) is 54.6 Å². The fourth-order valence-corrected chi connectivity index (χ4v) is 2.12. The average Bonchev–Trinajstić information content (AvgIpc) is 3.02. The zero-order valence-corrected chi connectivity index (χ0v) is 11.7. The van der Waals surface area contributed by atoms with Gasteiger partial charge in [0.1, 0.15) is 17.1 Å². The van der Waals surface area contributed by atoms with Crippen LogP contribution in [0.2, 0.25) is 0 Å². The molecule has 0 fully saturated rings. The van der Waals surface area contributed by atoms with Gasteiger partial charge >= 0.3 is 0 Å². The van der Waals surface area contributed by atoms with Crippen molar-refractivity contribution in [3.8, 4) is 17.0 Å². The van der Waals surface area contributed by atoms with E-state index >= 15 is 0 Å². The van der Waals surface area contributed by atoms with Crippen LogP contribution in [0.15, 0.2) is 54.6 Å². The van der Waals surface area contributed by atoms with Gasteiger partial charge in [-0.25, -0.2) is 0 Å². The number of ether oxygens (including phenoxy) is 1. The van der Waals surface area contributed by atoms with Crippen LogP contribution in [0.4, 0.5) is 5.69 Å². The van der Waals surface area contributed by atoms with Crippen LogP contribution in [0.5, 0.6) is 5.75 Å². The number of anilines is 1. The molecular formula is C16H16N4O. The van der Waals surface area contributed by atoms with Crippen molar-refractivity contribution in [2.75, 3.05) is 12.4 Å². The molecular weight excluding hydrogens is 264 g/mol. The molecule has 5 heteroatoms. The van der Waals surface area contributed by atoms with Gasteiger partial charge in [-0.1, -0.05) is 36.4 Å². The van der Waals surface area contributed by atoms with Gasteiger partial charge in [-0.3, -0.25) is 0 Å². The van der Waals surface area contributed by atoms with Gasteiger partial charge in [-0.2, -0.15) is 15.4 Å². The number of methoxy groups -OCH3 is 1. The fourth-order valence-electron chi connectivity index (χ4n) is 2.12. The number of H-pyrrole nitrogens is 1. The van der Waals surface area contributed by atoms with Gasteiger partial charge in [0.15, 0.2) is 0 Å². The Bertz CT molecular complexity index is 709. The van der Waals surface area contributed by atoms with Crippen LogP contribution in [-0.2, 0) is 6.54 Å². The van der Waals surface area contributed by atoms with E-state index in [1.165, 1.54) is 0 Å². The zero-order valence-electron chi connectivity index (χ0n) is 11.7. The minimum Gasteiger partial charge on any atom is -0.497 e. The molecule has 21 heavy (non-hydrogen) atoms. The van der Waals surface area contributed by atoms with Crippen LogP contribution in [0.25, 0.3) is 11.3 Å². The molecule has 0 aliphatic heterocycles. The van der Waals surface area contributed by atoms with Crippen LogP contribution in [0.1, 0.15) is 5.69 Å². The summed E-state index contributed by atoms with van der Waals surface area (Å²) in [4.78, 5) is 0. The van der Waals surface area contributed by atoms with Crippen LogP contribution in [-0.4, -0.2) is 22.5 Å². The van der Waals surface area contributed by atoms with E-state index in [0.717, 1.165) is 28.4 Å². The molecule has 0 unspecified atom stereocenters. The highest BCUT2D eigenvalue weighted by molar-refractivity contribution is 5.61. The van der Waals surface area contributed by atoms with Crippen LogP contribution in [0, 0.1) is 0 Å². The van der Waals surface area contributed by atoms with E-state index in [9.17, 15) is 0 Å². The number of rotatable bonds is 5. The van der Waals surface area contributed by atoms with Gasteiger partial charge in [0.25, 0.3) is 0 Å². The van der Waals surface area contributed by atoms with Gasteiger partial charge in [-0.05, 0) is 12.1 Å². The van der Waals surface area contributed by atoms with E-state index < -0.39 is 0 Å². The molecule has 2 aromatic carbocycles. The van der Waals surface area contributed by atoms with Crippen molar-refractivity contribution in [1.82, 2.24) is 15.4 Å². The van der Waals surface area contributed by atoms with Gasteiger partial charge in [0.2, 0.25) is 0 Å². The summed E-state index contributed by atoms with van der Waals surface area (Å²) < 4.78 is 5.21. The first-order valence-corrected chi connectivity index (χ1v) is 6.70. The Hall–Kier alpha value is -2.82. The second-order valence-electron chi connectivity index (χ2n) is 4.57. The van der Waals surface area contributed by atoms with E-state index in [0.29, 0.717) is 6.54 Å². The highest BCUT2D eigenvalue weighted by atomic mass is 16.5. The van der Waals surface area contributed by atoms with Gasteiger partial charge in [0.05, 0.1) is 13.7 Å². The van der Waals surface area contributed by atoms with E-state index in [2.05, 4.69) is 20.7 Å².